The first kappa shape index (κ1) is 16.5. The molecule has 2 aromatic carbocycles. The highest BCUT2D eigenvalue weighted by molar-refractivity contribution is 7.80. The molecule has 0 saturated carbocycles. The van der Waals surface area contributed by atoms with Gasteiger partial charge in [0, 0.05) is 29.2 Å². The van der Waals surface area contributed by atoms with E-state index in [1.54, 1.807) is 12.1 Å². The highest BCUT2D eigenvalue weighted by Gasteiger charge is 1.98. The first-order valence-electron chi connectivity index (χ1n) is 7.30. The van der Waals surface area contributed by atoms with Crippen LogP contribution in [0.3, 0.4) is 0 Å². The van der Waals surface area contributed by atoms with Gasteiger partial charge in [0.1, 0.15) is 0 Å². The number of rotatable bonds is 7. The van der Waals surface area contributed by atoms with Crippen molar-refractivity contribution in [1.29, 1.82) is 0 Å². The third-order valence-electron chi connectivity index (χ3n) is 3.34. The fourth-order valence-electron chi connectivity index (χ4n) is 2.49. The van der Waals surface area contributed by atoms with Gasteiger partial charge in [0.2, 0.25) is 0 Å². The van der Waals surface area contributed by atoms with Crippen LogP contribution in [0.4, 0.5) is 11.4 Å². The van der Waals surface area contributed by atoms with Gasteiger partial charge in [0.25, 0.3) is 0 Å². The van der Waals surface area contributed by atoms with Gasteiger partial charge in [-0.2, -0.15) is 0 Å². The average molecular weight is 317 g/mol. The molecule has 2 rings (SSSR count). The molecular weight excluding hydrogens is 296 g/mol. The lowest BCUT2D eigenvalue weighted by Gasteiger charge is -2.10. The van der Waals surface area contributed by atoms with Crippen molar-refractivity contribution in [3.63, 3.8) is 0 Å². The summed E-state index contributed by atoms with van der Waals surface area (Å²) >= 11 is -2.28. The Morgan fingerprint density at radius 3 is 2.18 bits per heavy atom. The molecule has 2 aromatic rings. The number of nitrogens with one attached hydrogen (secondary N) is 2. The Morgan fingerprint density at radius 2 is 1.59 bits per heavy atom. The van der Waals surface area contributed by atoms with E-state index in [0.717, 1.165) is 25.1 Å². The maximum atomic E-state index is 10.5. The first-order chi connectivity index (χ1) is 10.5. The second-order valence-corrected chi connectivity index (χ2v) is 6.11. The molecule has 22 heavy (non-hydrogen) atoms. The minimum absolute atomic E-state index is 0.564. The van der Waals surface area contributed by atoms with Crippen molar-refractivity contribution in [3.8, 4) is 0 Å². The largest absolute Gasteiger partial charge is 0.755 e. The van der Waals surface area contributed by atoms with Gasteiger partial charge >= 0.3 is 0 Å². The summed E-state index contributed by atoms with van der Waals surface area (Å²) in [6, 6.07) is 13.9. The van der Waals surface area contributed by atoms with Crippen LogP contribution in [0.15, 0.2) is 42.5 Å². The SMILES string of the molecule is Cc1cc(C)cc(CCCNc2ccc(NS(=O)[O-])cc2)c1. The van der Waals surface area contributed by atoms with E-state index in [1.165, 1.54) is 16.7 Å². The van der Waals surface area contributed by atoms with Crippen LogP contribution < -0.4 is 10.0 Å². The predicted octanol–water partition coefficient (Wildman–Crippen LogP) is 3.55. The number of benzene rings is 2. The Bertz CT molecular complexity index is 621. The number of aryl methyl sites for hydroxylation is 3. The van der Waals surface area contributed by atoms with Crippen molar-refractivity contribution in [1.82, 2.24) is 0 Å². The van der Waals surface area contributed by atoms with Gasteiger partial charge in [-0.25, -0.2) is 0 Å². The lowest BCUT2D eigenvalue weighted by atomic mass is 10.0. The smallest absolute Gasteiger partial charge is 0.0453 e. The van der Waals surface area contributed by atoms with Crippen LogP contribution in [-0.2, 0) is 17.7 Å². The van der Waals surface area contributed by atoms with E-state index in [0.29, 0.717) is 5.69 Å². The molecular formula is C17H21N2O2S-. The molecule has 0 aliphatic heterocycles. The van der Waals surface area contributed by atoms with Crippen LogP contribution in [0.2, 0.25) is 0 Å². The number of anilines is 2. The summed E-state index contributed by atoms with van der Waals surface area (Å²) in [6.45, 7) is 5.13. The van der Waals surface area contributed by atoms with Gasteiger partial charge in [-0.05, 0) is 56.5 Å². The molecule has 0 aromatic heterocycles. The van der Waals surface area contributed by atoms with Gasteiger partial charge in [-0.15, -0.1) is 0 Å². The third kappa shape index (κ3) is 5.50. The summed E-state index contributed by atoms with van der Waals surface area (Å²) < 4.78 is 23.4. The van der Waals surface area contributed by atoms with E-state index in [4.69, 9.17) is 0 Å². The highest BCUT2D eigenvalue weighted by atomic mass is 32.2. The zero-order valence-electron chi connectivity index (χ0n) is 12.9. The van der Waals surface area contributed by atoms with Crippen LogP contribution in [0, 0.1) is 13.8 Å². The number of hydrogen-bond acceptors (Lipinski definition) is 3. The van der Waals surface area contributed by atoms with Crippen molar-refractivity contribution in [2.75, 3.05) is 16.6 Å². The molecule has 0 aliphatic rings. The molecule has 5 heteroatoms. The molecule has 0 bridgehead atoms. The number of hydrogen-bond donors (Lipinski definition) is 2. The third-order valence-corrected chi connectivity index (χ3v) is 3.74. The summed E-state index contributed by atoms with van der Waals surface area (Å²) in [6.07, 6.45) is 2.10. The molecule has 0 saturated heterocycles. The van der Waals surface area contributed by atoms with Crippen molar-refractivity contribution in [3.05, 3.63) is 59.2 Å². The lowest BCUT2D eigenvalue weighted by molar-refractivity contribution is 0.542. The molecule has 0 aliphatic carbocycles. The minimum atomic E-state index is -2.28. The Hall–Kier alpha value is -1.85. The Balaban J connectivity index is 1.77. The summed E-state index contributed by atoms with van der Waals surface area (Å²) in [5, 5.41) is 3.34. The molecule has 0 fully saturated rings. The van der Waals surface area contributed by atoms with E-state index in [1.807, 2.05) is 12.1 Å². The molecule has 2 N–H and O–H groups in total. The van der Waals surface area contributed by atoms with Crippen LogP contribution in [0.5, 0.6) is 0 Å². The summed E-state index contributed by atoms with van der Waals surface area (Å²) in [4.78, 5) is 0. The molecule has 0 amide bonds. The van der Waals surface area contributed by atoms with Crippen LogP contribution in [0.1, 0.15) is 23.1 Å². The van der Waals surface area contributed by atoms with E-state index >= 15 is 0 Å². The van der Waals surface area contributed by atoms with E-state index in [2.05, 4.69) is 42.1 Å². The summed E-state index contributed by atoms with van der Waals surface area (Å²) in [5.74, 6) is 0. The Labute approximate surface area is 134 Å². The molecule has 4 nitrogen and oxygen atoms in total. The zero-order valence-corrected chi connectivity index (χ0v) is 13.7. The zero-order chi connectivity index (χ0) is 15.9. The van der Waals surface area contributed by atoms with Crippen molar-refractivity contribution >= 4 is 22.6 Å². The molecule has 1 atom stereocenters. The van der Waals surface area contributed by atoms with Gasteiger partial charge < -0.3 is 14.6 Å². The van der Waals surface area contributed by atoms with Crippen molar-refractivity contribution in [2.45, 2.75) is 26.7 Å². The summed E-state index contributed by atoms with van der Waals surface area (Å²) in [7, 11) is 0. The Kier molecular flexibility index (Phi) is 5.98. The Morgan fingerprint density at radius 1 is 1.00 bits per heavy atom. The van der Waals surface area contributed by atoms with Gasteiger partial charge in [0.05, 0.1) is 0 Å². The molecule has 118 valence electrons. The molecule has 0 radical (unpaired) electrons. The van der Waals surface area contributed by atoms with Gasteiger partial charge in [-0.3, -0.25) is 4.21 Å². The molecule has 1 unspecified atom stereocenters. The minimum Gasteiger partial charge on any atom is -0.755 e. The second kappa shape index (κ2) is 7.96. The van der Waals surface area contributed by atoms with Crippen LogP contribution in [-0.4, -0.2) is 15.3 Å². The maximum Gasteiger partial charge on any atom is 0.0453 e. The second-order valence-electron chi connectivity index (χ2n) is 5.44. The van der Waals surface area contributed by atoms with Crippen molar-refractivity contribution in [2.24, 2.45) is 0 Å². The van der Waals surface area contributed by atoms with Gasteiger partial charge in [0.15, 0.2) is 0 Å². The first-order valence-corrected chi connectivity index (χ1v) is 8.37. The van der Waals surface area contributed by atoms with Crippen LogP contribution in [0.25, 0.3) is 0 Å². The highest BCUT2D eigenvalue weighted by Crippen LogP contribution is 2.14. The predicted molar refractivity (Wildman–Crippen MR) is 91.7 cm³/mol. The van der Waals surface area contributed by atoms with Gasteiger partial charge in [-0.1, -0.05) is 29.3 Å². The monoisotopic (exact) mass is 317 g/mol. The molecule has 0 heterocycles. The van der Waals surface area contributed by atoms with E-state index < -0.39 is 11.3 Å². The fraction of sp³-hybridized carbons (Fsp3) is 0.294. The fourth-order valence-corrected chi connectivity index (χ4v) is 2.82. The quantitative estimate of drug-likeness (QED) is 0.606. The normalized spacial score (nSPS) is 12.0. The van der Waals surface area contributed by atoms with Crippen LogP contribution >= 0.6 is 0 Å². The van der Waals surface area contributed by atoms with E-state index in [9.17, 15) is 8.76 Å². The standard InChI is InChI=1S/C17H22N2O2S/c1-13-10-14(2)12-15(11-13)4-3-9-18-16-5-7-17(8-6-16)19-22(20)21/h5-8,10-12,18-19H,3-4,9H2,1-2H3,(H,20,21)/p-1. The lowest BCUT2D eigenvalue weighted by Crippen LogP contribution is -2.04. The van der Waals surface area contributed by atoms with Crippen molar-refractivity contribution < 1.29 is 8.76 Å². The van der Waals surface area contributed by atoms with E-state index in [-0.39, 0.29) is 0 Å². The summed E-state index contributed by atoms with van der Waals surface area (Å²) in [5.41, 5.74) is 5.54. The average Bonchev–Trinajstić information content (AvgIpc) is 2.44. The molecule has 0 spiro atoms. The maximum absolute atomic E-state index is 10.5. The topological polar surface area (TPSA) is 64.2 Å².